The summed E-state index contributed by atoms with van der Waals surface area (Å²) in [4.78, 5) is 24.5. The molecule has 2 fully saturated rings. The Morgan fingerprint density at radius 3 is 2.84 bits per heavy atom. The number of allylic oxidation sites excluding steroid dienone is 1. The molecule has 0 aromatic heterocycles. The minimum absolute atomic E-state index is 0.0952. The van der Waals surface area contributed by atoms with Crippen molar-refractivity contribution in [2.45, 2.75) is 58.8 Å². The third kappa shape index (κ3) is 2.65. The van der Waals surface area contributed by atoms with Crippen LogP contribution < -0.4 is 0 Å². The van der Waals surface area contributed by atoms with Crippen LogP contribution in [0.4, 0.5) is 0 Å². The van der Waals surface area contributed by atoms with Crippen LogP contribution in [0.1, 0.15) is 40.5 Å². The molecule has 136 valence electrons. The average molecular weight is 346 g/mol. The standard InChI is InChI=1S/C20H26O5/c1-6-10(2)18(22)24-13-9-20(5)14(21)8-7-11(3)16(20)17-15(13)12(4)19(23)25-17/h6-7,13-17,21H,4,8-9H2,1-3,5H3/b10-6+/t13-,14+,15+,16+,17+,20-/m0/s1. The predicted octanol–water partition coefficient (Wildman–Crippen LogP) is 2.70. The molecule has 1 saturated heterocycles. The lowest BCUT2D eigenvalue weighted by atomic mass is 9.54. The number of hydrogen-bond acceptors (Lipinski definition) is 5. The van der Waals surface area contributed by atoms with Gasteiger partial charge in [-0.2, -0.15) is 0 Å². The van der Waals surface area contributed by atoms with E-state index in [0.29, 0.717) is 24.0 Å². The molecule has 0 aromatic carbocycles. The summed E-state index contributed by atoms with van der Waals surface area (Å²) in [7, 11) is 0. The first-order valence-corrected chi connectivity index (χ1v) is 8.79. The number of esters is 2. The molecule has 1 saturated carbocycles. The Hall–Kier alpha value is -1.88. The number of fused-ring (bicyclic) bond motifs is 3. The molecule has 1 aliphatic heterocycles. The lowest BCUT2D eigenvalue weighted by molar-refractivity contribution is -0.172. The summed E-state index contributed by atoms with van der Waals surface area (Å²) in [5.74, 6) is -1.30. The quantitative estimate of drug-likeness (QED) is 0.473. The van der Waals surface area contributed by atoms with Crippen LogP contribution in [0.15, 0.2) is 35.5 Å². The normalized spacial score (nSPS) is 40.8. The highest BCUT2D eigenvalue weighted by molar-refractivity contribution is 5.92. The van der Waals surface area contributed by atoms with E-state index in [-0.39, 0.29) is 11.8 Å². The molecule has 0 unspecified atom stereocenters. The van der Waals surface area contributed by atoms with E-state index in [0.717, 1.165) is 5.57 Å². The third-order valence-corrected chi connectivity index (χ3v) is 6.27. The monoisotopic (exact) mass is 346 g/mol. The van der Waals surface area contributed by atoms with E-state index in [4.69, 9.17) is 9.47 Å². The molecule has 0 aromatic rings. The molecule has 2 aliphatic carbocycles. The van der Waals surface area contributed by atoms with E-state index in [2.05, 4.69) is 6.58 Å². The molecule has 0 spiro atoms. The minimum atomic E-state index is -0.571. The van der Waals surface area contributed by atoms with Crippen molar-refractivity contribution in [3.05, 3.63) is 35.5 Å². The van der Waals surface area contributed by atoms with Crippen molar-refractivity contribution in [3.63, 3.8) is 0 Å². The number of carbonyl (C=O) groups is 2. The molecule has 3 aliphatic rings. The molecule has 6 atom stereocenters. The first kappa shape index (κ1) is 17.9. The molecule has 3 rings (SSSR count). The summed E-state index contributed by atoms with van der Waals surface area (Å²) in [5.41, 5.74) is 1.47. The van der Waals surface area contributed by atoms with Gasteiger partial charge in [0.25, 0.3) is 0 Å². The van der Waals surface area contributed by atoms with Crippen LogP contribution in [0.2, 0.25) is 0 Å². The zero-order chi connectivity index (χ0) is 18.5. The lowest BCUT2D eigenvalue weighted by Crippen LogP contribution is -2.57. The maximum atomic E-state index is 12.3. The van der Waals surface area contributed by atoms with Crippen LogP contribution in [-0.2, 0) is 19.1 Å². The Balaban J connectivity index is 2.00. The van der Waals surface area contributed by atoms with Gasteiger partial charge in [0.15, 0.2) is 0 Å². The van der Waals surface area contributed by atoms with Gasteiger partial charge in [0.2, 0.25) is 0 Å². The van der Waals surface area contributed by atoms with Gasteiger partial charge in [-0.05, 0) is 33.6 Å². The molecule has 5 nitrogen and oxygen atoms in total. The summed E-state index contributed by atoms with van der Waals surface area (Å²) < 4.78 is 11.4. The summed E-state index contributed by atoms with van der Waals surface area (Å²) in [6, 6.07) is 0. The minimum Gasteiger partial charge on any atom is -0.458 e. The number of rotatable bonds is 2. The van der Waals surface area contributed by atoms with Gasteiger partial charge in [0.05, 0.1) is 12.0 Å². The van der Waals surface area contributed by atoms with E-state index in [1.807, 2.05) is 19.9 Å². The van der Waals surface area contributed by atoms with Gasteiger partial charge >= 0.3 is 11.9 Å². The molecular weight excluding hydrogens is 320 g/mol. The van der Waals surface area contributed by atoms with E-state index in [1.165, 1.54) is 0 Å². The molecular formula is C20H26O5. The lowest BCUT2D eigenvalue weighted by Gasteiger charge is -2.53. The van der Waals surface area contributed by atoms with E-state index in [9.17, 15) is 14.7 Å². The maximum absolute atomic E-state index is 12.3. The van der Waals surface area contributed by atoms with Crippen LogP contribution >= 0.6 is 0 Å². The van der Waals surface area contributed by atoms with Crippen molar-refractivity contribution >= 4 is 11.9 Å². The number of carbonyl (C=O) groups excluding carboxylic acids is 2. The van der Waals surface area contributed by atoms with Gasteiger partial charge in [-0.15, -0.1) is 0 Å². The van der Waals surface area contributed by atoms with Gasteiger partial charge in [-0.25, -0.2) is 9.59 Å². The van der Waals surface area contributed by atoms with Gasteiger partial charge in [0.1, 0.15) is 12.2 Å². The van der Waals surface area contributed by atoms with Crippen molar-refractivity contribution < 1.29 is 24.2 Å². The second-order valence-corrected chi connectivity index (χ2v) is 7.72. The van der Waals surface area contributed by atoms with Gasteiger partial charge < -0.3 is 14.6 Å². The number of hydrogen-bond donors (Lipinski definition) is 1. The van der Waals surface area contributed by atoms with Gasteiger partial charge in [0, 0.05) is 22.5 Å². The molecule has 1 N–H and O–H groups in total. The highest BCUT2D eigenvalue weighted by Gasteiger charge is 2.61. The van der Waals surface area contributed by atoms with Crippen molar-refractivity contribution in [2.24, 2.45) is 17.3 Å². The molecule has 0 radical (unpaired) electrons. The van der Waals surface area contributed by atoms with Crippen molar-refractivity contribution in [2.75, 3.05) is 0 Å². The van der Waals surface area contributed by atoms with Crippen LogP contribution in [0.25, 0.3) is 0 Å². The second kappa shape index (κ2) is 6.13. The molecule has 0 bridgehead atoms. The van der Waals surface area contributed by atoms with Gasteiger partial charge in [-0.3, -0.25) is 0 Å². The number of ether oxygens (including phenoxy) is 2. The van der Waals surface area contributed by atoms with Gasteiger partial charge in [-0.1, -0.05) is 31.2 Å². The fraction of sp³-hybridized carbons (Fsp3) is 0.600. The molecule has 1 heterocycles. The summed E-state index contributed by atoms with van der Waals surface area (Å²) in [6.07, 6.45) is 3.18. The third-order valence-electron chi connectivity index (χ3n) is 6.27. The zero-order valence-corrected chi connectivity index (χ0v) is 15.2. The van der Waals surface area contributed by atoms with Crippen LogP contribution in [0.3, 0.4) is 0 Å². The van der Waals surface area contributed by atoms with Crippen LogP contribution in [0, 0.1) is 17.3 Å². The SMILES string of the molecule is C=C1C(=O)O[C@@H]2[C@H]1[C@@H](OC(=O)/C(C)=C/C)C[C@@]1(C)[C@H](O)CC=C(C)[C@H]21. The molecule has 25 heavy (non-hydrogen) atoms. The Labute approximate surface area is 148 Å². The fourth-order valence-corrected chi connectivity index (χ4v) is 4.66. The smallest absolute Gasteiger partial charge is 0.334 e. The zero-order valence-electron chi connectivity index (χ0n) is 15.2. The second-order valence-electron chi connectivity index (χ2n) is 7.72. The van der Waals surface area contributed by atoms with Crippen molar-refractivity contribution in [1.82, 2.24) is 0 Å². The van der Waals surface area contributed by atoms with E-state index < -0.39 is 35.7 Å². The Morgan fingerprint density at radius 1 is 1.52 bits per heavy atom. The Kier molecular flexibility index (Phi) is 4.40. The molecule has 0 amide bonds. The average Bonchev–Trinajstić information content (AvgIpc) is 2.85. The largest absolute Gasteiger partial charge is 0.458 e. The highest BCUT2D eigenvalue weighted by Crippen LogP contribution is 2.56. The predicted molar refractivity (Wildman–Crippen MR) is 92.4 cm³/mol. The number of aliphatic hydroxyl groups excluding tert-OH is 1. The first-order valence-electron chi connectivity index (χ1n) is 8.79. The Bertz CT molecular complexity index is 688. The number of aliphatic hydroxyl groups is 1. The molecule has 5 heteroatoms. The highest BCUT2D eigenvalue weighted by atomic mass is 16.6. The van der Waals surface area contributed by atoms with Crippen LogP contribution in [-0.4, -0.2) is 35.4 Å². The first-order chi connectivity index (χ1) is 11.7. The van der Waals surface area contributed by atoms with Crippen molar-refractivity contribution in [1.29, 1.82) is 0 Å². The van der Waals surface area contributed by atoms with Crippen LogP contribution in [0.5, 0.6) is 0 Å². The summed E-state index contributed by atoms with van der Waals surface area (Å²) in [5, 5.41) is 10.7. The van der Waals surface area contributed by atoms with E-state index >= 15 is 0 Å². The summed E-state index contributed by atoms with van der Waals surface area (Å²) >= 11 is 0. The topological polar surface area (TPSA) is 72.8 Å². The van der Waals surface area contributed by atoms with E-state index in [1.54, 1.807) is 19.9 Å². The van der Waals surface area contributed by atoms with Crippen molar-refractivity contribution in [3.8, 4) is 0 Å². The maximum Gasteiger partial charge on any atom is 0.334 e. The summed E-state index contributed by atoms with van der Waals surface area (Å²) in [6.45, 7) is 11.4. The Morgan fingerprint density at radius 2 is 2.20 bits per heavy atom. The fourth-order valence-electron chi connectivity index (χ4n) is 4.66.